The van der Waals surface area contributed by atoms with E-state index in [-0.39, 0.29) is 17.7 Å². The highest BCUT2D eigenvalue weighted by molar-refractivity contribution is 7.09. The topological polar surface area (TPSA) is 66.7 Å². The van der Waals surface area contributed by atoms with Crippen LogP contribution in [0.15, 0.2) is 47.0 Å². The molecule has 0 aliphatic carbocycles. The number of hydrogen-bond acceptors (Lipinski definition) is 5. The molecular weight excluding hydrogens is 338 g/mol. The number of thiazole rings is 1. The second-order valence-corrected chi connectivity index (χ2v) is 7.46. The first-order valence-electron chi connectivity index (χ1n) is 8.28. The number of carbonyl (C=O) groups is 2. The summed E-state index contributed by atoms with van der Waals surface area (Å²) in [6, 6.07) is 3.36. The normalized spacial score (nSPS) is 25.9. The second kappa shape index (κ2) is 6.15. The van der Waals surface area contributed by atoms with Crippen LogP contribution in [-0.2, 0) is 4.79 Å². The predicted molar refractivity (Wildman–Crippen MR) is 93.3 cm³/mol. The van der Waals surface area contributed by atoms with Crippen molar-refractivity contribution in [2.75, 3.05) is 26.2 Å². The van der Waals surface area contributed by atoms with Crippen molar-refractivity contribution >= 4 is 23.2 Å². The van der Waals surface area contributed by atoms with Gasteiger partial charge in [-0.2, -0.15) is 0 Å². The largest absolute Gasteiger partial charge is 0.459 e. The molecule has 130 valence electrons. The average Bonchev–Trinajstić information content (AvgIpc) is 3.39. The molecule has 0 bridgehead atoms. The highest BCUT2D eigenvalue weighted by Gasteiger charge is 2.58. The maximum absolute atomic E-state index is 13.2. The molecule has 4 heterocycles. The van der Waals surface area contributed by atoms with Gasteiger partial charge in [0.2, 0.25) is 5.91 Å². The van der Waals surface area contributed by atoms with Crippen LogP contribution in [0.4, 0.5) is 0 Å². The van der Waals surface area contributed by atoms with Crippen LogP contribution in [0.3, 0.4) is 0 Å². The molecule has 2 atom stereocenters. The summed E-state index contributed by atoms with van der Waals surface area (Å²) in [6.45, 7) is 5.86. The van der Waals surface area contributed by atoms with Crippen molar-refractivity contribution in [3.63, 3.8) is 0 Å². The molecule has 0 saturated carbocycles. The Morgan fingerprint density at radius 1 is 1.56 bits per heavy atom. The average molecular weight is 357 g/mol. The lowest BCUT2D eigenvalue weighted by molar-refractivity contribution is -0.135. The van der Waals surface area contributed by atoms with E-state index in [2.05, 4.69) is 11.6 Å². The van der Waals surface area contributed by atoms with E-state index in [0.717, 1.165) is 11.4 Å². The van der Waals surface area contributed by atoms with Gasteiger partial charge in [0.15, 0.2) is 5.76 Å². The van der Waals surface area contributed by atoms with Crippen LogP contribution in [0.2, 0.25) is 0 Å². The summed E-state index contributed by atoms with van der Waals surface area (Å²) in [6.07, 6.45) is 5.72. The smallest absolute Gasteiger partial charge is 0.289 e. The van der Waals surface area contributed by atoms with Gasteiger partial charge in [-0.25, -0.2) is 4.98 Å². The van der Waals surface area contributed by atoms with Gasteiger partial charge in [0.05, 0.1) is 16.7 Å². The number of nitrogens with zero attached hydrogens (tertiary/aromatic N) is 3. The molecule has 2 aliphatic rings. The molecule has 2 aliphatic heterocycles. The Morgan fingerprint density at radius 3 is 3.12 bits per heavy atom. The lowest BCUT2D eigenvalue weighted by atomic mass is 9.77. The van der Waals surface area contributed by atoms with Crippen LogP contribution in [0.25, 0.3) is 0 Å². The van der Waals surface area contributed by atoms with Gasteiger partial charge in [-0.1, -0.05) is 6.08 Å². The summed E-state index contributed by atoms with van der Waals surface area (Å²) < 4.78 is 5.26. The molecule has 2 saturated heterocycles. The summed E-state index contributed by atoms with van der Waals surface area (Å²) in [4.78, 5) is 33.9. The van der Waals surface area contributed by atoms with Crippen LogP contribution < -0.4 is 0 Å². The van der Waals surface area contributed by atoms with E-state index >= 15 is 0 Å². The van der Waals surface area contributed by atoms with Crippen molar-refractivity contribution in [3.8, 4) is 0 Å². The van der Waals surface area contributed by atoms with Crippen molar-refractivity contribution in [3.05, 3.63) is 53.4 Å². The van der Waals surface area contributed by atoms with Crippen LogP contribution in [0.1, 0.15) is 27.9 Å². The summed E-state index contributed by atoms with van der Waals surface area (Å²) in [5.41, 5.74) is -0.594. The number of aromatic nitrogens is 1. The number of furan rings is 1. The molecule has 6 nitrogen and oxygen atoms in total. The zero-order chi connectivity index (χ0) is 17.4. The zero-order valence-electron chi connectivity index (χ0n) is 13.8. The molecular formula is C18H19N3O3S. The Labute approximate surface area is 149 Å². The van der Waals surface area contributed by atoms with Crippen molar-refractivity contribution in [2.45, 2.75) is 12.3 Å². The standard InChI is InChI=1S/C18H19N3O3S/c1-2-7-20-8-5-18(17(20)23)12-21(16(22)14-4-3-9-24-14)11-13(18)15-19-6-10-25-15/h2-4,6,9-10,13H,1,5,7-8,11-12H2. The van der Waals surface area contributed by atoms with E-state index in [4.69, 9.17) is 4.42 Å². The van der Waals surface area contributed by atoms with Gasteiger partial charge in [0.25, 0.3) is 5.91 Å². The van der Waals surface area contributed by atoms with Crippen molar-refractivity contribution in [1.82, 2.24) is 14.8 Å². The third-order valence-corrected chi connectivity index (χ3v) is 6.09. The predicted octanol–water partition coefficient (Wildman–Crippen LogP) is 2.38. The lowest BCUT2D eigenvalue weighted by Gasteiger charge is -2.27. The Balaban J connectivity index is 1.68. The Morgan fingerprint density at radius 2 is 2.44 bits per heavy atom. The Kier molecular flexibility index (Phi) is 3.95. The summed E-state index contributed by atoms with van der Waals surface area (Å²) >= 11 is 1.55. The van der Waals surface area contributed by atoms with Gasteiger partial charge in [-0.05, 0) is 18.6 Å². The van der Waals surface area contributed by atoms with E-state index in [0.29, 0.717) is 31.9 Å². The van der Waals surface area contributed by atoms with E-state index in [1.807, 2.05) is 10.3 Å². The monoisotopic (exact) mass is 357 g/mol. The van der Waals surface area contributed by atoms with Gasteiger partial charge in [-0.3, -0.25) is 9.59 Å². The van der Waals surface area contributed by atoms with Crippen LogP contribution in [0, 0.1) is 5.41 Å². The van der Waals surface area contributed by atoms with Crippen LogP contribution in [0.5, 0.6) is 0 Å². The number of likely N-dealkylation sites (tertiary alicyclic amines) is 2. The fourth-order valence-corrected chi connectivity index (χ4v) is 4.85. The molecule has 0 N–H and O–H groups in total. The molecule has 0 aromatic carbocycles. The fourth-order valence-electron chi connectivity index (χ4n) is 4.00. The van der Waals surface area contributed by atoms with E-state index in [9.17, 15) is 9.59 Å². The summed E-state index contributed by atoms with van der Waals surface area (Å²) in [5.74, 6) is 0.165. The minimum Gasteiger partial charge on any atom is -0.459 e. The molecule has 2 amide bonds. The molecule has 2 fully saturated rings. The quantitative estimate of drug-likeness (QED) is 0.788. The first-order valence-corrected chi connectivity index (χ1v) is 9.16. The van der Waals surface area contributed by atoms with E-state index < -0.39 is 5.41 Å². The van der Waals surface area contributed by atoms with Gasteiger partial charge in [-0.15, -0.1) is 17.9 Å². The van der Waals surface area contributed by atoms with Crippen molar-refractivity contribution < 1.29 is 14.0 Å². The molecule has 2 aromatic rings. The Hall–Kier alpha value is -2.41. The molecule has 0 radical (unpaired) electrons. The minimum absolute atomic E-state index is 0.0753. The number of amides is 2. The first kappa shape index (κ1) is 16.1. The number of hydrogen-bond donors (Lipinski definition) is 0. The molecule has 1 spiro atoms. The van der Waals surface area contributed by atoms with Gasteiger partial charge in [0, 0.05) is 43.7 Å². The van der Waals surface area contributed by atoms with Gasteiger partial charge >= 0.3 is 0 Å². The maximum atomic E-state index is 13.2. The summed E-state index contributed by atoms with van der Waals surface area (Å²) in [5, 5.41) is 2.84. The second-order valence-electron chi connectivity index (χ2n) is 6.53. The maximum Gasteiger partial charge on any atom is 0.289 e. The highest BCUT2D eigenvalue weighted by atomic mass is 32.1. The molecule has 4 rings (SSSR count). The number of rotatable bonds is 4. The molecule has 2 aromatic heterocycles. The molecule has 25 heavy (non-hydrogen) atoms. The fraction of sp³-hybridized carbons (Fsp3) is 0.389. The van der Waals surface area contributed by atoms with E-state index in [1.165, 1.54) is 6.26 Å². The SMILES string of the molecule is C=CCN1CCC2(CN(C(=O)c3ccco3)CC2c2nccs2)C1=O. The van der Waals surface area contributed by atoms with Gasteiger partial charge < -0.3 is 14.2 Å². The van der Waals surface area contributed by atoms with Crippen molar-refractivity contribution in [2.24, 2.45) is 5.41 Å². The molecule has 2 unspecified atom stereocenters. The number of carbonyl (C=O) groups excluding carboxylic acids is 2. The zero-order valence-corrected chi connectivity index (χ0v) is 14.6. The third kappa shape index (κ3) is 2.50. The third-order valence-electron chi connectivity index (χ3n) is 5.20. The lowest BCUT2D eigenvalue weighted by Crippen LogP contribution is -2.40. The highest BCUT2D eigenvalue weighted by Crippen LogP contribution is 2.50. The molecule has 7 heteroatoms. The minimum atomic E-state index is -0.594. The first-order chi connectivity index (χ1) is 12.2. The van der Waals surface area contributed by atoms with E-state index in [1.54, 1.807) is 40.6 Å². The van der Waals surface area contributed by atoms with Crippen LogP contribution >= 0.6 is 11.3 Å². The van der Waals surface area contributed by atoms with Crippen LogP contribution in [-0.4, -0.2) is 52.8 Å². The Bertz CT molecular complexity index is 787. The summed E-state index contributed by atoms with van der Waals surface area (Å²) in [7, 11) is 0. The van der Waals surface area contributed by atoms with Gasteiger partial charge in [0.1, 0.15) is 0 Å². The van der Waals surface area contributed by atoms with Crippen molar-refractivity contribution in [1.29, 1.82) is 0 Å².